The number of benzene rings is 2. The Morgan fingerprint density at radius 1 is 0.935 bits per heavy atom. The number of para-hydroxylation sites is 1. The van der Waals surface area contributed by atoms with Gasteiger partial charge in [-0.05, 0) is 24.3 Å². The second kappa shape index (κ2) is 7.68. The van der Waals surface area contributed by atoms with Crippen molar-refractivity contribution >= 4 is 21.9 Å². The van der Waals surface area contributed by atoms with Gasteiger partial charge in [-0.15, -0.1) is 0 Å². The van der Waals surface area contributed by atoms with Gasteiger partial charge >= 0.3 is 11.3 Å². The molecule has 1 aliphatic rings. The summed E-state index contributed by atoms with van der Waals surface area (Å²) in [6.45, 7) is 4.59. The van der Waals surface area contributed by atoms with Crippen molar-refractivity contribution < 1.29 is 23.7 Å². The summed E-state index contributed by atoms with van der Waals surface area (Å²) in [4.78, 5) is 28.0. The largest absolute Gasteiger partial charge is 0.507 e. The molecule has 158 valence electrons. The molecule has 3 N–H and O–H groups in total. The van der Waals surface area contributed by atoms with E-state index in [1.54, 1.807) is 30.3 Å². The molecule has 31 heavy (non-hydrogen) atoms. The first kappa shape index (κ1) is 19.5. The van der Waals surface area contributed by atoms with Crippen LogP contribution in [-0.2, 0) is 6.54 Å². The highest BCUT2D eigenvalue weighted by molar-refractivity contribution is 5.96. The Morgan fingerprint density at radius 3 is 2.52 bits per heavy atom. The first-order valence-electron chi connectivity index (χ1n) is 10.5. The van der Waals surface area contributed by atoms with E-state index in [1.165, 1.54) is 15.9 Å². The number of quaternary nitrogens is 2. The number of hydrogen-bond donors (Lipinski definition) is 3. The van der Waals surface area contributed by atoms with Crippen molar-refractivity contribution in [2.45, 2.75) is 6.54 Å². The molecule has 0 bridgehead atoms. The SMILES string of the molecule is C[NH+]1CC[NH+](Cc2c(O)ccc3c(-c4cc5ccccc5oc4=O)cc(=O)oc23)CC1. The molecule has 7 nitrogen and oxygen atoms in total. The molecule has 1 saturated heterocycles. The van der Waals surface area contributed by atoms with Gasteiger partial charge in [0, 0.05) is 22.4 Å². The number of hydrogen-bond acceptors (Lipinski definition) is 5. The van der Waals surface area contributed by atoms with Crippen LogP contribution in [0.3, 0.4) is 0 Å². The summed E-state index contributed by atoms with van der Waals surface area (Å²) < 4.78 is 11.0. The van der Waals surface area contributed by atoms with Crippen molar-refractivity contribution in [3.8, 4) is 16.9 Å². The van der Waals surface area contributed by atoms with Crippen LogP contribution in [0.2, 0.25) is 0 Å². The minimum absolute atomic E-state index is 0.0946. The van der Waals surface area contributed by atoms with E-state index in [0.717, 1.165) is 31.6 Å². The van der Waals surface area contributed by atoms with Crippen LogP contribution in [-0.4, -0.2) is 38.3 Å². The normalized spacial score (nSPS) is 19.1. The van der Waals surface area contributed by atoms with Crippen molar-refractivity contribution in [3.63, 3.8) is 0 Å². The van der Waals surface area contributed by atoms with Crippen LogP contribution in [0.1, 0.15) is 5.56 Å². The quantitative estimate of drug-likeness (QED) is 0.412. The molecule has 0 unspecified atom stereocenters. The maximum atomic E-state index is 12.7. The van der Waals surface area contributed by atoms with Gasteiger partial charge in [0.15, 0.2) is 5.58 Å². The van der Waals surface area contributed by atoms with Gasteiger partial charge in [0.05, 0.1) is 18.2 Å². The van der Waals surface area contributed by atoms with Gasteiger partial charge in [-0.1, -0.05) is 18.2 Å². The lowest BCUT2D eigenvalue weighted by Crippen LogP contribution is -3.26. The Balaban J connectivity index is 1.68. The van der Waals surface area contributed by atoms with E-state index in [1.807, 2.05) is 12.1 Å². The maximum absolute atomic E-state index is 12.7. The van der Waals surface area contributed by atoms with Crippen molar-refractivity contribution in [1.82, 2.24) is 0 Å². The molecule has 1 fully saturated rings. The number of piperazine rings is 1. The second-order valence-electron chi connectivity index (χ2n) is 8.29. The zero-order valence-electron chi connectivity index (χ0n) is 17.2. The van der Waals surface area contributed by atoms with Crippen molar-refractivity contribution in [2.75, 3.05) is 33.2 Å². The minimum Gasteiger partial charge on any atom is -0.507 e. The van der Waals surface area contributed by atoms with Gasteiger partial charge in [0.2, 0.25) is 0 Å². The third-order valence-electron chi connectivity index (χ3n) is 6.16. The highest BCUT2D eigenvalue weighted by Crippen LogP contribution is 2.32. The Hall–Kier alpha value is -3.42. The molecule has 1 aliphatic heterocycles. The number of nitrogens with one attached hydrogen (secondary N) is 2. The number of fused-ring (bicyclic) bond motifs is 2. The third kappa shape index (κ3) is 3.62. The summed E-state index contributed by atoms with van der Waals surface area (Å²) in [5, 5.41) is 11.9. The van der Waals surface area contributed by atoms with Gasteiger partial charge in [-0.25, -0.2) is 9.59 Å². The summed E-state index contributed by atoms with van der Waals surface area (Å²) in [6.07, 6.45) is 0. The fraction of sp³-hybridized carbons (Fsp3) is 0.250. The molecule has 2 aromatic carbocycles. The van der Waals surface area contributed by atoms with E-state index in [-0.39, 0.29) is 5.75 Å². The molecular formula is C24H24N2O5+2. The lowest BCUT2D eigenvalue weighted by Gasteiger charge is -2.27. The molecular weight excluding hydrogens is 396 g/mol. The average molecular weight is 420 g/mol. The first-order chi connectivity index (χ1) is 15.0. The molecule has 5 rings (SSSR count). The summed E-state index contributed by atoms with van der Waals surface area (Å²) in [6, 6.07) is 13.6. The number of phenols is 1. The molecule has 0 spiro atoms. The zero-order chi connectivity index (χ0) is 21.5. The van der Waals surface area contributed by atoms with Crippen LogP contribution in [0.5, 0.6) is 5.75 Å². The molecule has 7 heteroatoms. The van der Waals surface area contributed by atoms with Crippen molar-refractivity contribution in [3.05, 3.63) is 74.9 Å². The van der Waals surface area contributed by atoms with Crippen LogP contribution in [0.4, 0.5) is 0 Å². The Kier molecular flexibility index (Phi) is 4.84. The van der Waals surface area contributed by atoms with Gasteiger partial charge in [0.25, 0.3) is 0 Å². The maximum Gasteiger partial charge on any atom is 0.344 e. The Bertz CT molecular complexity index is 1400. The number of likely N-dealkylation sites (N-methyl/N-ethyl adjacent to an activating group) is 1. The Labute approximate surface area is 177 Å². The predicted octanol–water partition coefficient (Wildman–Crippen LogP) is 0.185. The van der Waals surface area contributed by atoms with E-state index in [9.17, 15) is 14.7 Å². The van der Waals surface area contributed by atoms with E-state index < -0.39 is 11.3 Å². The van der Waals surface area contributed by atoms with Crippen LogP contribution in [0, 0.1) is 0 Å². The molecule has 3 heterocycles. The topological polar surface area (TPSA) is 89.5 Å². The van der Waals surface area contributed by atoms with E-state index in [0.29, 0.717) is 39.8 Å². The molecule has 4 aromatic rings. The number of phenolic OH excluding ortho intramolecular Hbond substituents is 1. The smallest absolute Gasteiger partial charge is 0.344 e. The molecule has 2 aromatic heterocycles. The van der Waals surface area contributed by atoms with Gasteiger partial charge in [0.1, 0.15) is 44.1 Å². The summed E-state index contributed by atoms with van der Waals surface area (Å²) >= 11 is 0. The van der Waals surface area contributed by atoms with Crippen LogP contribution in [0.15, 0.2) is 67.0 Å². The predicted molar refractivity (Wildman–Crippen MR) is 117 cm³/mol. The standard InChI is InChI=1S/C24H22N2O5/c1-25-8-10-26(11-9-25)14-19-20(27)7-6-16-17(13-22(28)31-23(16)19)18-12-15-4-2-3-5-21(15)30-24(18)29/h2-7,12-13,27H,8-11,14H2,1H3/p+2. The van der Waals surface area contributed by atoms with Crippen molar-refractivity contribution in [1.29, 1.82) is 0 Å². The molecule has 0 amide bonds. The zero-order valence-corrected chi connectivity index (χ0v) is 17.2. The van der Waals surface area contributed by atoms with E-state index in [4.69, 9.17) is 8.83 Å². The lowest BCUT2D eigenvalue weighted by molar-refractivity contribution is -1.01. The van der Waals surface area contributed by atoms with Gasteiger partial charge in [-0.3, -0.25) is 0 Å². The van der Waals surface area contributed by atoms with E-state index >= 15 is 0 Å². The Morgan fingerprint density at radius 2 is 1.71 bits per heavy atom. The number of rotatable bonds is 3. The molecule has 0 saturated carbocycles. The van der Waals surface area contributed by atoms with Crippen molar-refractivity contribution in [2.24, 2.45) is 0 Å². The first-order valence-corrected chi connectivity index (χ1v) is 10.5. The lowest BCUT2D eigenvalue weighted by atomic mass is 9.99. The van der Waals surface area contributed by atoms with Crippen LogP contribution >= 0.6 is 0 Å². The van der Waals surface area contributed by atoms with Gasteiger partial charge in [-0.2, -0.15) is 0 Å². The van der Waals surface area contributed by atoms with Gasteiger partial charge < -0.3 is 23.7 Å². The second-order valence-corrected chi connectivity index (χ2v) is 8.29. The van der Waals surface area contributed by atoms with E-state index in [2.05, 4.69) is 7.05 Å². The third-order valence-corrected chi connectivity index (χ3v) is 6.16. The molecule has 0 atom stereocenters. The summed E-state index contributed by atoms with van der Waals surface area (Å²) in [5.41, 5.74) is 1.06. The fourth-order valence-corrected chi connectivity index (χ4v) is 4.37. The average Bonchev–Trinajstić information content (AvgIpc) is 2.76. The highest BCUT2D eigenvalue weighted by atomic mass is 16.4. The summed E-state index contributed by atoms with van der Waals surface area (Å²) in [5.74, 6) is 0.0946. The molecule has 0 aliphatic carbocycles. The van der Waals surface area contributed by atoms with Crippen LogP contribution in [0.25, 0.3) is 33.1 Å². The highest BCUT2D eigenvalue weighted by Gasteiger charge is 2.24. The summed E-state index contributed by atoms with van der Waals surface area (Å²) in [7, 11) is 2.17. The fourth-order valence-electron chi connectivity index (χ4n) is 4.37. The van der Waals surface area contributed by atoms with Crippen LogP contribution < -0.4 is 21.1 Å². The number of aromatic hydroxyl groups is 1. The minimum atomic E-state index is -0.570. The molecule has 0 radical (unpaired) electrons. The monoisotopic (exact) mass is 420 g/mol.